The van der Waals surface area contributed by atoms with Crippen LogP contribution in [0.2, 0.25) is 0 Å². The molecule has 2 aliphatic rings. The van der Waals surface area contributed by atoms with Crippen molar-refractivity contribution < 1.29 is 14.6 Å². The number of aliphatic hydroxyl groups is 1. The molecule has 1 N–H and O–H groups in total. The Labute approximate surface area is 137 Å². The molecule has 0 spiro atoms. The van der Waals surface area contributed by atoms with Crippen molar-refractivity contribution >= 4 is 5.91 Å². The highest BCUT2D eigenvalue weighted by Gasteiger charge is 2.33. The average molecular weight is 318 g/mol. The van der Waals surface area contributed by atoms with E-state index in [1.54, 1.807) is 0 Å². The average Bonchev–Trinajstić information content (AvgIpc) is 2.59. The van der Waals surface area contributed by atoms with Crippen molar-refractivity contribution in [3.05, 3.63) is 35.9 Å². The summed E-state index contributed by atoms with van der Waals surface area (Å²) >= 11 is 0. The van der Waals surface area contributed by atoms with Crippen LogP contribution in [0.5, 0.6) is 0 Å². The highest BCUT2D eigenvalue weighted by Crippen LogP contribution is 2.26. The molecule has 3 rings (SSSR count). The Morgan fingerprint density at radius 1 is 1.09 bits per heavy atom. The SMILES string of the molecule is O=C(CN1CCC(O)(Cc2ccccc2)CC1)N1CCOCC1. The van der Waals surface area contributed by atoms with Crippen LogP contribution in [-0.2, 0) is 16.0 Å². The number of hydrogen-bond donors (Lipinski definition) is 1. The smallest absolute Gasteiger partial charge is 0.236 e. The summed E-state index contributed by atoms with van der Waals surface area (Å²) in [6.45, 7) is 4.70. The Balaban J connectivity index is 1.47. The van der Waals surface area contributed by atoms with Gasteiger partial charge in [-0.25, -0.2) is 0 Å². The number of benzene rings is 1. The fourth-order valence-electron chi connectivity index (χ4n) is 3.38. The van der Waals surface area contributed by atoms with Crippen LogP contribution in [0.4, 0.5) is 0 Å². The van der Waals surface area contributed by atoms with Gasteiger partial charge in [0.05, 0.1) is 25.4 Å². The van der Waals surface area contributed by atoms with Crippen molar-refractivity contribution in [2.24, 2.45) is 0 Å². The van der Waals surface area contributed by atoms with Crippen LogP contribution in [0.15, 0.2) is 30.3 Å². The number of carbonyl (C=O) groups excluding carboxylic acids is 1. The second-order valence-electron chi connectivity index (χ2n) is 6.66. The normalized spacial score (nSPS) is 22.0. The van der Waals surface area contributed by atoms with Gasteiger partial charge in [0, 0.05) is 32.6 Å². The number of hydrogen-bond acceptors (Lipinski definition) is 4. The fraction of sp³-hybridized carbons (Fsp3) is 0.611. The molecular weight excluding hydrogens is 292 g/mol. The lowest BCUT2D eigenvalue weighted by Gasteiger charge is -2.39. The first-order chi connectivity index (χ1) is 11.1. The highest BCUT2D eigenvalue weighted by atomic mass is 16.5. The lowest BCUT2D eigenvalue weighted by atomic mass is 9.85. The molecule has 5 nitrogen and oxygen atoms in total. The van der Waals surface area contributed by atoms with E-state index in [1.807, 2.05) is 23.1 Å². The zero-order valence-electron chi connectivity index (χ0n) is 13.6. The first kappa shape index (κ1) is 16.4. The molecule has 0 bridgehead atoms. The minimum atomic E-state index is -0.639. The van der Waals surface area contributed by atoms with E-state index >= 15 is 0 Å². The number of likely N-dealkylation sites (tertiary alicyclic amines) is 1. The van der Waals surface area contributed by atoms with Crippen molar-refractivity contribution in [2.45, 2.75) is 24.9 Å². The Bertz CT molecular complexity index is 506. The van der Waals surface area contributed by atoms with Crippen molar-refractivity contribution in [1.82, 2.24) is 9.80 Å². The zero-order valence-corrected chi connectivity index (χ0v) is 13.6. The molecule has 1 amide bonds. The maximum Gasteiger partial charge on any atom is 0.236 e. The topological polar surface area (TPSA) is 53.0 Å². The fourth-order valence-corrected chi connectivity index (χ4v) is 3.38. The molecule has 0 saturated carbocycles. The number of nitrogens with zero attached hydrogens (tertiary/aromatic N) is 2. The van der Waals surface area contributed by atoms with Gasteiger partial charge in [-0.3, -0.25) is 9.69 Å². The molecule has 5 heteroatoms. The third-order valence-electron chi connectivity index (χ3n) is 4.89. The summed E-state index contributed by atoms with van der Waals surface area (Å²) < 4.78 is 5.28. The molecule has 2 heterocycles. The number of rotatable bonds is 4. The van der Waals surface area contributed by atoms with Gasteiger partial charge >= 0.3 is 0 Å². The first-order valence-corrected chi connectivity index (χ1v) is 8.49. The Kier molecular flexibility index (Phi) is 5.30. The van der Waals surface area contributed by atoms with Crippen LogP contribution < -0.4 is 0 Å². The molecule has 2 aliphatic heterocycles. The van der Waals surface area contributed by atoms with Gasteiger partial charge < -0.3 is 14.7 Å². The van der Waals surface area contributed by atoms with Crippen LogP contribution in [-0.4, -0.2) is 72.4 Å². The molecule has 0 aromatic heterocycles. The van der Waals surface area contributed by atoms with Gasteiger partial charge in [-0.05, 0) is 18.4 Å². The number of morpholine rings is 1. The standard InChI is InChI=1S/C18H26N2O3/c21-17(20-10-12-23-13-11-20)15-19-8-6-18(22,7-9-19)14-16-4-2-1-3-5-16/h1-5,22H,6-15H2. The third kappa shape index (κ3) is 4.53. The highest BCUT2D eigenvalue weighted by molar-refractivity contribution is 5.78. The molecule has 2 saturated heterocycles. The van der Waals surface area contributed by atoms with E-state index < -0.39 is 5.60 Å². The maximum atomic E-state index is 12.3. The van der Waals surface area contributed by atoms with E-state index in [-0.39, 0.29) is 5.91 Å². The maximum absolute atomic E-state index is 12.3. The number of amides is 1. The largest absolute Gasteiger partial charge is 0.389 e. The van der Waals surface area contributed by atoms with Crippen molar-refractivity contribution in [3.63, 3.8) is 0 Å². The van der Waals surface area contributed by atoms with Crippen molar-refractivity contribution in [1.29, 1.82) is 0 Å². The molecule has 23 heavy (non-hydrogen) atoms. The third-order valence-corrected chi connectivity index (χ3v) is 4.89. The Morgan fingerprint density at radius 3 is 2.39 bits per heavy atom. The van der Waals surface area contributed by atoms with Crippen molar-refractivity contribution in [2.75, 3.05) is 45.9 Å². The summed E-state index contributed by atoms with van der Waals surface area (Å²) in [6, 6.07) is 10.1. The molecule has 126 valence electrons. The molecule has 0 atom stereocenters. The van der Waals surface area contributed by atoms with E-state index in [0.29, 0.717) is 39.3 Å². The molecule has 1 aromatic carbocycles. The predicted molar refractivity (Wildman–Crippen MR) is 88.2 cm³/mol. The van der Waals surface area contributed by atoms with Crippen LogP contribution in [0.1, 0.15) is 18.4 Å². The summed E-state index contributed by atoms with van der Waals surface area (Å²) in [5.74, 6) is 0.182. The summed E-state index contributed by atoms with van der Waals surface area (Å²) in [4.78, 5) is 16.3. The molecule has 0 radical (unpaired) electrons. The summed E-state index contributed by atoms with van der Waals surface area (Å²) in [5.41, 5.74) is 0.535. The van der Waals surface area contributed by atoms with Gasteiger partial charge in [0.25, 0.3) is 0 Å². The minimum absolute atomic E-state index is 0.182. The van der Waals surface area contributed by atoms with Gasteiger partial charge in [-0.15, -0.1) is 0 Å². The van der Waals surface area contributed by atoms with E-state index in [2.05, 4.69) is 17.0 Å². The number of piperidine rings is 1. The van der Waals surface area contributed by atoms with Crippen molar-refractivity contribution in [3.8, 4) is 0 Å². The molecule has 1 aromatic rings. The monoisotopic (exact) mass is 318 g/mol. The van der Waals surface area contributed by atoms with Crippen LogP contribution in [0.3, 0.4) is 0 Å². The Hall–Kier alpha value is -1.43. The van der Waals surface area contributed by atoms with Gasteiger partial charge in [0.15, 0.2) is 0 Å². The molecule has 0 unspecified atom stereocenters. The van der Waals surface area contributed by atoms with Gasteiger partial charge in [-0.1, -0.05) is 30.3 Å². The molecule has 0 aliphatic carbocycles. The summed E-state index contributed by atoms with van der Waals surface area (Å²) in [7, 11) is 0. The van der Waals surface area contributed by atoms with E-state index in [0.717, 1.165) is 25.9 Å². The van der Waals surface area contributed by atoms with E-state index in [4.69, 9.17) is 4.74 Å². The minimum Gasteiger partial charge on any atom is -0.389 e. The second kappa shape index (κ2) is 7.43. The van der Waals surface area contributed by atoms with E-state index in [9.17, 15) is 9.90 Å². The number of carbonyl (C=O) groups is 1. The molecule has 2 fully saturated rings. The van der Waals surface area contributed by atoms with Gasteiger partial charge in [-0.2, -0.15) is 0 Å². The van der Waals surface area contributed by atoms with Gasteiger partial charge in [0.2, 0.25) is 5.91 Å². The lowest BCUT2D eigenvalue weighted by Crippen LogP contribution is -2.50. The summed E-state index contributed by atoms with van der Waals surface area (Å²) in [6.07, 6.45) is 2.13. The van der Waals surface area contributed by atoms with Crippen LogP contribution in [0, 0.1) is 0 Å². The second-order valence-corrected chi connectivity index (χ2v) is 6.66. The Morgan fingerprint density at radius 2 is 1.74 bits per heavy atom. The first-order valence-electron chi connectivity index (χ1n) is 8.49. The van der Waals surface area contributed by atoms with E-state index in [1.165, 1.54) is 5.56 Å². The lowest BCUT2D eigenvalue weighted by molar-refractivity contribution is -0.137. The quantitative estimate of drug-likeness (QED) is 0.897. The number of ether oxygens (including phenoxy) is 1. The molecular formula is C18H26N2O3. The van der Waals surface area contributed by atoms with Crippen LogP contribution >= 0.6 is 0 Å². The zero-order chi connectivity index (χ0) is 16.1. The van der Waals surface area contributed by atoms with Gasteiger partial charge in [0.1, 0.15) is 0 Å². The van der Waals surface area contributed by atoms with Crippen LogP contribution in [0.25, 0.3) is 0 Å². The summed E-state index contributed by atoms with van der Waals surface area (Å²) in [5, 5.41) is 10.8. The predicted octanol–water partition coefficient (Wildman–Crippen LogP) is 0.915.